The van der Waals surface area contributed by atoms with E-state index in [1.54, 1.807) is 36.9 Å². The van der Waals surface area contributed by atoms with E-state index >= 15 is 0 Å². The molecule has 0 unspecified atom stereocenters. The van der Waals surface area contributed by atoms with Crippen LogP contribution in [0.4, 0.5) is 17.1 Å². The number of nitrogens with zero attached hydrogens (tertiary/aromatic N) is 1. The fourth-order valence-electron chi connectivity index (χ4n) is 3.15. The molecule has 0 fully saturated rings. The monoisotopic (exact) mass is 387 g/mol. The van der Waals surface area contributed by atoms with Crippen LogP contribution in [0.25, 0.3) is 0 Å². The highest BCUT2D eigenvalue weighted by molar-refractivity contribution is 6.31. The molecule has 0 saturated heterocycles. The highest BCUT2D eigenvalue weighted by Gasteiger charge is 2.23. The van der Waals surface area contributed by atoms with Gasteiger partial charge in [0.2, 0.25) is 11.8 Å². The van der Waals surface area contributed by atoms with E-state index < -0.39 is 6.04 Å². The fraction of sp³-hybridized carbons (Fsp3) is 0.300. The molecule has 0 saturated carbocycles. The Bertz CT molecular complexity index is 885. The predicted molar refractivity (Wildman–Crippen MR) is 108 cm³/mol. The number of ether oxygens (including phenoxy) is 1. The van der Waals surface area contributed by atoms with Gasteiger partial charge in [-0.2, -0.15) is 0 Å². The lowest BCUT2D eigenvalue weighted by Gasteiger charge is -2.18. The summed E-state index contributed by atoms with van der Waals surface area (Å²) in [6, 6.07) is 10.4. The van der Waals surface area contributed by atoms with Crippen LogP contribution in [-0.2, 0) is 16.0 Å². The summed E-state index contributed by atoms with van der Waals surface area (Å²) in [5.41, 5.74) is 3.39. The second-order valence-corrected chi connectivity index (χ2v) is 6.90. The standard InChI is InChI=1S/C20H22ClN3O3/c1-12(20(26)23-17-11-15(21)4-7-19(17)27-3)22-16-5-6-18-14(10-16)8-9-24(18)13(2)25/h4-7,10-12,22H,8-9H2,1-3H3,(H,23,26)/t12-/m0/s1. The van der Waals surface area contributed by atoms with E-state index in [1.807, 2.05) is 18.2 Å². The van der Waals surface area contributed by atoms with Gasteiger partial charge in [-0.05, 0) is 55.3 Å². The van der Waals surface area contributed by atoms with Crippen LogP contribution < -0.4 is 20.3 Å². The maximum atomic E-state index is 12.5. The summed E-state index contributed by atoms with van der Waals surface area (Å²) in [5, 5.41) is 6.55. The van der Waals surface area contributed by atoms with E-state index in [0.29, 0.717) is 23.0 Å². The predicted octanol–water partition coefficient (Wildman–Crippen LogP) is 3.70. The van der Waals surface area contributed by atoms with Crippen LogP contribution in [0.1, 0.15) is 19.4 Å². The Balaban J connectivity index is 1.69. The molecule has 6 nitrogen and oxygen atoms in total. The molecular formula is C20H22ClN3O3. The highest BCUT2D eigenvalue weighted by atomic mass is 35.5. The minimum absolute atomic E-state index is 0.0395. The highest BCUT2D eigenvalue weighted by Crippen LogP contribution is 2.31. The number of carbonyl (C=O) groups excluding carboxylic acids is 2. The van der Waals surface area contributed by atoms with E-state index in [0.717, 1.165) is 23.4 Å². The van der Waals surface area contributed by atoms with Gasteiger partial charge in [0, 0.05) is 29.9 Å². The number of hydrogen-bond donors (Lipinski definition) is 2. The number of anilines is 3. The molecular weight excluding hydrogens is 366 g/mol. The Morgan fingerprint density at radius 3 is 2.70 bits per heavy atom. The quantitative estimate of drug-likeness (QED) is 0.820. The van der Waals surface area contributed by atoms with Crippen molar-refractivity contribution in [1.29, 1.82) is 0 Å². The van der Waals surface area contributed by atoms with Crippen LogP contribution in [0, 0.1) is 0 Å². The van der Waals surface area contributed by atoms with Crippen molar-refractivity contribution in [2.75, 3.05) is 29.2 Å². The zero-order valence-corrected chi connectivity index (χ0v) is 16.3. The van der Waals surface area contributed by atoms with Crippen LogP contribution in [0.5, 0.6) is 5.75 Å². The molecule has 0 aliphatic carbocycles. The van der Waals surface area contributed by atoms with Gasteiger partial charge in [0.25, 0.3) is 0 Å². The van der Waals surface area contributed by atoms with E-state index in [-0.39, 0.29) is 11.8 Å². The first-order chi connectivity index (χ1) is 12.9. The maximum absolute atomic E-state index is 12.5. The van der Waals surface area contributed by atoms with E-state index in [9.17, 15) is 9.59 Å². The zero-order valence-electron chi connectivity index (χ0n) is 15.5. The average molecular weight is 388 g/mol. The van der Waals surface area contributed by atoms with Gasteiger partial charge in [-0.1, -0.05) is 11.6 Å². The molecule has 1 atom stereocenters. The first kappa shape index (κ1) is 19.0. The summed E-state index contributed by atoms with van der Waals surface area (Å²) in [6.45, 7) is 4.04. The van der Waals surface area contributed by atoms with Gasteiger partial charge in [-0.25, -0.2) is 0 Å². The molecule has 0 bridgehead atoms. The summed E-state index contributed by atoms with van der Waals surface area (Å²) < 4.78 is 5.25. The topological polar surface area (TPSA) is 70.7 Å². The van der Waals surface area contributed by atoms with Crippen molar-refractivity contribution in [2.45, 2.75) is 26.3 Å². The summed E-state index contributed by atoms with van der Waals surface area (Å²) in [6.07, 6.45) is 0.810. The van der Waals surface area contributed by atoms with Gasteiger partial charge in [-0.15, -0.1) is 0 Å². The molecule has 1 aliphatic rings. The van der Waals surface area contributed by atoms with Gasteiger partial charge >= 0.3 is 0 Å². The van der Waals surface area contributed by atoms with Gasteiger partial charge < -0.3 is 20.3 Å². The number of halogens is 1. The summed E-state index contributed by atoms with van der Waals surface area (Å²) in [4.78, 5) is 26.0. The Morgan fingerprint density at radius 1 is 1.22 bits per heavy atom. The molecule has 7 heteroatoms. The molecule has 0 spiro atoms. The lowest BCUT2D eigenvalue weighted by Crippen LogP contribution is -2.32. The summed E-state index contributed by atoms with van der Waals surface area (Å²) in [7, 11) is 1.54. The Morgan fingerprint density at radius 2 is 2.00 bits per heavy atom. The first-order valence-electron chi connectivity index (χ1n) is 8.71. The SMILES string of the molecule is COc1ccc(Cl)cc1NC(=O)[C@H](C)Nc1ccc2c(c1)CCN2C(C)=O. The minimum Gasteiger partial charge on any atom is -0.495 e. The van der Waals surface area contributed by atoms with E-state index in [2.05, 4.69) is 10.6 Å². The third kappa shape index (κ3) is 4.17. The van der Waals surface area contributed by atoms with Crippen molar-refractivity contribution >= 4 is 40.5 Å². The molecule has 3 rings (SSSR count). The van der Waals surface area contributed by atoms with Gasteiger partial charge in [-0.3, -0.25) is 9.59 Å². The van der Waals surface area contributed by atoms with Crippen molar-refractivity contribution in [3.8, 4) is 5.75 Å². The third-order valence-electron chi connectivity index (χ3n) is 4.55. The zero-order chi connectivity index (χ0) is 19.6. The fourth-order valence-corrected chi connectivity index (χ4v) is 3.33. The molecule has 1 heterocycles. The van der Waals surface area contributed by atoms with Crippen molar-refractivity contribution in [1.82, 2.24) is 0 Å². The molecule has 2 aromatic carbocycles. The largest absolute Gasteiger partial charge is 0.495 e. The molecule has 2 N–H and O–H groups in total. The molecule has 0 aromatic heterocycles. The molecule has 142 valence electrons. The number of nitrogens with one attached hydrogen (secondary N) is 2. The first-order valence-corrected chi connectivity index (χ1v) is 9.09. The number of amides is 2. The summed E-state index contributed by atoms with van der Waals surface area (Å²) >= 11 is 6.00. The second kappa shape index (κ2) is 7.88. The van der Waals surface area contributed by atoms with Crippen molar-refractivity contribution in [3.05, 3.63) is 47.0 Å². The smallest absolute Gasteiger partial charge is 0.246 e. The summed E-state index contributed by atoms with van der Waals surface area (Å²) in [5.74, 6) is 0.376. The van der Waals surface area contributed by atoms with E-state index in [4.69, 9.17) is 16.3 Å². The Hall–Kier alpha value is -2.73. The van der Waals surface area contributed by atoms with Crippen molar-refractivity contribution in [3.63, 3.8) is 0 Å². The average Bonchev–Trinajstić information content (AvgIpc) is 3.05. The lowest BCUT2D eigenvalue weighted by atomic mass is 10.1. The van der Waals surface area contributed by atoms with Gasteiger partial charge in [0.15, 0.2) is 0 Å². The number of fused-ring (bicyclic) bond motifs is 1. The van der Waals surface area contributed by atoms with Crippen molar-refractivity contribution in [2.24, 2.45) is 0 Å². The second-order valence-electron chi connectivity index (χ2n) is 6.46. The van der Waals surface area contributed by atoms with Crippen LogP contribution in [-0.4, -0.2) is 31.5 Å². The molecule has 2 aromatic rings. The third-order valence-corrected chi connectivity index (χ3v) is 4.79. The number of benzene rings is 2. The van der Waals surface area contributed by atoms with Gasteiger partial charge in [0.05, 0.1) is 12.8 Å². The van der Waals surface area contributed by atoms with Crippen LogP contribution in [0.15, 0.2) is 36.4 Å². The van der Waals surface area contributed by atoms with Crippen LogP contribution in [0.2, 0.25) is 5.02 Å². The Kier molecular flexibility index (Phi) is 5.56. The Labute approximate surface area is 163 Å². The number of hydrogen-bond acceptors (Lipinski definition) is 4. The minimum atomic E-state index is -0.475. The molecule has 1 aliphatic heterocycles. The number of carbonyl (C=O) groups is 2. The molecule has 2 amide bonds. The van der Waals surface area contributed by atoms with E-state index in [1.165, 1.54) is 7.11 Å². The van der Waals surface area contributed by atoms with Crippen LogP contribution in [0.3, 0.4) is 0 Å². The van der Waals surface area contributed by atoms with Crippen LogP contribution >= 0.6 is 11.6 Å². The lowest BCUT2D eigenvalue weighted by molar-refractivity contribution is -0.117. The number of rotatable bonds is 5. The normalized spacial score (nSPS) is 13.7. The molecule has 27 heavy (non-hydrogen) atoms. The number of methoxy groups -OCH3 is 1. The molecule has 0 radical (unpaired) electrons. The van der Waals surface area contributed by atoms with Gasteiger partial charge in [0.1, 0.15) is 11.8 Å². The van der Waals surface area contributed by atoms with Crippen molar-refractivity contribution < 1.29 is 14.3 Å². The maximum Gasteiger partial charge on any atom is 0.246 e.